The smallest absolute Gasteiger partial charge is 0.0408 e. The minimum absolute atomic E-state index is 0.578. The Morgan fingerprint density at radius 3 is 2.83 bits per heavy atom. The van der Waals surface area contributed by atoms with Gasteiger partial charge in [0.1, 0.15) is 0 Å². The van der Waals surface area contributed by atoms with E-state index >= 15 is 0 Å². The largest absolute Gasteiger partial charge is 0.316 e. The van der Waals surface area contributed by atoms with Gasteiger partial charge in [0.2, 0.25) is 0 Å². The summed E-state index contributed by atoms with van der Waals surface area (Å²) in [7, 11) is 0. The molecule has 0 aromatic heterocycles. The number of hydrogen-bond donors (Lipinski definition) is 1. The number of rotatable bonds is 9. The summed E-state index contributed by atoms with van der Waals surface area (Å²) in [6.07, 6.45) is 2.40. The monoisotopic (exact) mass is 285 g/mol. The zero-order valence-corrected chi connectivity index (χ0v) is 13.0. The molecule has 0 saturated carbocycles. The minimum Gasteiger partial charge on any atom is -0.316 e. The van der Waals surface area contributed by atoms with Crippen molar-refractivity contribution in [3.63, 3.8) is 0 Å². The fourth-order valence-electron chi connectivity index (χ4n) is 1.97. The average Bonchev–Trinajstić information content (AvgIpc) is 2.37. The lowest BCUT2D eigenvalue weighted by atomic mass is 9.96. The Morgan fingerprint density at radius 2 is 2.17 bits per heavy atom. The standard InChI is InChI=1S/C15H24ClNS/c1-3-9-17-12-14(8-10-18-4-2)13-6-5-7-15(16)11-13/h5-7,11,14,17H,3-4,8-10,12H2,1-2H3. The van der Waals surface area contributed by atoms with Crippen molar-refractivity contribution in [2.24, 2.45) is 0 Å². The van der Waals surface area contributed by atoms with Crippen LogP contribution in [0.1, 0.15) is 38.2 Å². The molecule has 0 saturated heterocycles. The van der Waals surface area contributed by atoms with Crippen molar-refractivity contribution in [3.05, 3.63) is 34.9 Å². The molecule has 1 unspecified atom stereocenters. The molecule has 0 radical (unpaired) electrons. The van der Waals surface area contributed by atoms with Gasteiger partial charge in [0, 0.05) is 11.6 Å². The molecule has 1 aromatic rings. The summed E-state index contributed by atoms with van der Waals surface area (Å²) in [4.78, 5) is 0. The van der Waals surface area contributed by atoms with Gasteiger partial charge >= 0.3 is 0 Å². The van der Waals surface area contributed by atoms with Crippen molar-refractivity contribution in [1.82, 2.24) is 5.32 Å². The number of nitrogens with one attached hydrogen (secondary N) is 1. The van der Waals surface area contributed by atoms with Gasteiger partial charge in [-0.3, -0.25) is 0 Å². The van der Waals surface area contributed by atoms with Crippen molar-refractivity contribution >= 4 is 23.4 Å². The second-order valence-corrected chi connectivity index (χ2v) is 6.27. The lowest BCUT2D eigenvalue weighted by molar-refractivity contribution is 0.570. The predicted octanol–water partition coefficient (Wildman–Crippen LogP) is 4.57. The first-order chi connectivity index (χ1) is 8.77. The van der Waals surface area contributed by atoms with E-state index in [1.54, 1.807) is 0 Å². The van der Waals surface area contributed by atoms with Crippen LogP contribution in [0.25, 0.3) is 0 Å². The third kappa shape index (κ3) is 6.12. The molecule has 0 aliphatic rings. The molecule has 18 heavy (non-hydrogen) atoms. The zero-order chi connectivity index (χ0) is 13.2. The lowest BCUT2D eigenvalue weighted by Crippen LogP contribution is -2.22. The summed E-state index contributed by atoms with van der Waals surface area (Å²) in [5, 5.41) is 4.37. The molecule has 3 heteroatoms. The molecule has 1 N–H and O–H groups in total. The molecule has 0 spiro atoms. The van der Waals surface area contributed by atoms with E-state index in [1.807, 2.05) is 17.8 Å². The molecular weight excluding hydrogens is 262 g/mol. The van der Waals surface area contributed by atoms with E-state index in [0.717, 1.165) is 18.1 Å². The summed E-state index contributed by atoms with van der Waals surface area (Å²) < 4.78 is 0. The van der Waals surface area contributed by atoms with Gasteiger partial charge in [0.25, 0.3) is 0 Å². The van der Waals surface area contributed by atoms with Crippen molar-refractivity contribution < 1.29 is 0 Å². The summed E-state index contributed by atoms with van der Waals surface area (Å²) in [6, 6.07) is 8.30. The summed E-state index contributed by atoms with van der Waals surface area (Å²) in [5.74, 6) is 3.00. The van der Waals surface area contributed by atoms with Crippen LogP contribution in [0.5, 0.6) is 0 Å². The van der Waals surface area contributed by atoms with E-state index in [0.29, 0.717) is 5.92 Å². The maximum absolute atomic E-state index is 6.09. The van der Waals surface area contributed by atoms with Gasteiger partial charge in [0.15, 0.2) is 0 Å². The molecule has 1 nitrogen and oxygen atoms in total. The SMILES string of the molecule is CCCNCC(CCSCC)c1cccc(Cl)c1. The third-order valence-electron chi connectivity index (χ3n) is 2.95. The molecule has 0 aliphatic carbocycles. The first-order valence-corrected chi connectivity index (χ1v) is 8.35. The van der Waals surface area contributed by atoms with Gasteiger partial charge in [-0.1, -0.05) is 37.6 Å². The normalized spacial score (nSPS) is 12.6. The Labute approximate surface area is 121 Å². The van der Waals surface area contributed by atoms with Gasteiger partial charge in [-0.05, 0) is 54.5 Å². The van der Waals surface area contributed by atoms with Crippen LogP contribution in [0.2, 0.25) is 5.02 Å². The van der Waals surface area contributed by atoms with Crippen molar-refractivity contribution in [3.8, 4) is 0 Å². The van der Waals surface area contributed by atoms with Crippen LogP contribution >= 0.6 is 23.4 Å². The second-order valence-electron chi connectivity index (χ2n) is 4.44. The van der Waals surface area contributed by atoms with Gasteiger partial charge in [-0.15, -0.1) is 0 Å². The molecule has 0 heterocycles. The average molecular weight is 286 g/mol. The Bertz CT molecular complexity index is 320. The lowest BCUT2D eigenvalue weighted by Gasteiger charge is -2.18. The molecule has 0 bridgehead atoms. The first kappa shape index (κ1) is 15.9. The van der Waals surface area contributed by atoms with Crippen LogP contribution < -0.4 is 5.32 Å². The van der Waals surface area contributed by atoms with Crippen LogP contribution in [0.15, 0.2) is 24.3 Å². The predicted molar refractivity (Wildman–Crippen MR) is 85.0 cm³/mol. The second kappa shape index (κ2) is 9.71. The number of benzene rings is 1. The van der Waals surface area contributed by atoms with Crippen LogP contribution in [0.3, 0.4) is 0 Å². The van der Waals surface area contributed by atoms with E-state index in [2.05, 4.69) is 37.4 Å². The molecule has 0 fully saturated rings. The van der Waals surface area contributed by atoms with Crippen LogP contribution in [-0.2, 0) is 0 Å². The van der Waals surface area contributed by atoms with Gasteiger partial charge in [-0.2, -0.15) is 11.8 Å². The highest BCUT2D eigenvalue weighted by Gasteiger charge is 2.11. The van der Waals surface area contributed by atoms with Crippen LogP contribution in [-0.4, -0.2) is 24.6 Å². The molecule has 102 valence electrons. The van der Waals surface area contributed by atoms with Crippen molar-refractivity contribution in [1.29, 1.82) is 0 Å². The van der Waals surface area contributed by atoms with Gasteiger partial charge in [-0.25, -0.2) is 0 Å². The number of thioether (sulfide) groups is 1. The minimum atomic E-state index is 0.578. The Hall–Kier alpha value is -0.180. The van der Waals surface area contributed by atoms with E-state index in [9.17, 15) is 0 Å². The topological polar surface area (TPSA) is 12.0 Å². The molecule has 1 atom stereocenters. The number of hydrogen-bond acceptors (Lipinski definition) is 2. The highest BCUT2D eigenvalue weighted by molar-refractivity contribution is 7.99. The van der Waals surface area contributed by atoms with Gasteiger partial charge < -0.3 is 5.32 Å². The molecule has 0 aliphatic heterocycles. The molecule has 1 aromatic carbocycles. The van der Waals surface area contributed by atoms with E-state index in [-0.39, 0.29) is 0 Å². The fourth-order valence-corrected chi connectivity index (χ4v) is 2.91. The Kier molecular flexibility index (Phi) is 8.57. The van der Waals surface area contributed by atoms with E-state index < -0.39 is 0 Å². The zero-order valence-electron chi connectivity index (χ0n) is 11.4. The van der Waals surface area contributed by atoms with E-state index in [4.69, 9.17) is 11.6 Å². The van der Waals surface area contributed by atoms with E-state index in [1.165, 1.54) is 29.9 Å². The van der Waals surface area contributed by atoms with Crippen molar-refractivity contribution in [2.45, 2.75) is 32.6 Å². The van der Waals surface area contributed by atoms with Gasteiger partial charge in [0.05, 0.1) is 0 Å². The van der Waals surface area contributed by atoms with Crippen LogP contribution in [0, 0.1) is 0 Å². The molecular formula is C15H24ClNS. The third-order valence-corrected chi connectivity index (χ3v) is 4.12. The Morgan fingerprint density at radius 1 is 1.33 bits per heavy atom. The van der Waals surface area contributed by atoms with Crippen LogP contribution in [0.4, 0.5) is 0 Å². The number of halogens is 1. The highest BCUT2D eigenvalue weighted by Crippen LogP contribution is 2.23. The summed E-state index contributed by atoms with van der Waals surface area (Å²) in [6.45, 7) is 6.57. The first-order valence-electron chi connectivity index (χ1n) is 6.81. The fraction of sp³-hybridized carbons (Fsp3) is 0.600. The highest BCUT2D eigenvalue weighted by atomic mass is 35.5. The molecule has 1 rings (SSSR count). The summed E-state index contributed by atoms with van der Waals surface area (Å²) in [5.41, 5.74) is 1.36. The maximum atomic E-state index is 6.09. The maximum Gasteiger partial charge on any atom is 0.0408 e. The summed E-state index contributed by atoms with van der Waals surface area (Å²) >= 11 is 8.10. The Balaban J connectivity index is 2.57. The molecule has 0 amide bonds. The quantitative estimate of drug-likeness (QED) is 0.667. The van der Waals surface area contributed by atoms with Crippen molar-refractivity contribution in [2.75, 3.05) is 24.6 Å².